The van der Waals surface area contributed by atoms with Crippen LogP contribution >= 0.6 is 11.6 Å². The second-order valence-electron chi connectivity index (χ2n) is 10.1. The Morgan fingerprint density at radius 1 is 1.03 bits per heavy atom. The summed E-state index contributed by atoms with van der Waals surface area (Å²) >= 11 is 5.95. The molecule has 4 nitrogen and oxygen atoms in total. The van der Waals surface area contributed by atoms with Gasteiger partial charge in [0.25, 0.3) is 0 Å². The maximum absolute atomic E-state index is 13.3. The fourth-order valence-corrected chi connectivity index (χ4v) is 5.61. The van der Waals surface area contributed by atoms with Crippen LogP contribution in [0.4, 0.5) is 13.2 Å². The topological polar surface area (TPSA) is 45.6 Å². The van der Waals surface area contributed by atoms with Crippen molar-refractivity contribution in [2.45, 2.75) is 56.5 Å². The van der Waals surface area contributed by atoms with Gasteiger partial charge < -0.3 is 9.84 Å². The Labute approximate surface area is 225 Å². The molecule has 0 aliphatic carbocycles. The molecule has 1 N–H and O–H groups in total. The number of aromatic nitrogens is 1. The number of rotatable bonds is 5. The van der Waals surface area contributed by atoms with Gasteiger partial charge >= 0.3 is 6.18 Å². The highest BCUT2D eigenvalue weighted by molar-refractivity contribution is 6.30. The molecule has 0 amide bonds. The molecule has 3 heterocycles. The van der Waals surface area contributed by atoms with Gasteiger partial charge in [-0.3, -0.25) is 4.90 Å². The van der Waals surface area contributed by atoms with Crippen LogP contribution in [0.3, 0.4) is 0 Å². The van der Waals surface area contributed by atoms with E-state index in [-0.39, 0.29) is 24.9 Å². The molecule has 2 aromatic carbocycles. The zero-order chi connectivity index (χ0) is 26.9. The number of benzene rings is 2. The standard InChI is InChI=1S/C30H28ClF3N2O2/c1-20-16-21(2-9-25-10-6-23(19-35-25)22-4-7-24(31)8-5-22)3-13-28(20)38-15-14-36-26-11-12-27(36)18-29(37,17-26)30(32,33)34/h3-8,10,13,16,19,26-27,37H,11-12,14-15,17-18H2,1H3/t26-,27+,29?. The molecule has 1 unspecified atom stereocenters. The van der Waals surface area contributed by atoms with Crippen LogP contribution in [0.1, 0.15) is 42.5 Å². The van der Waals surface area contributed by atoms with E-state index < -0.39 is 11.8 Å². The fraction of sp³-hybridized carbons (Fsp3) is 0.367. The van der Waals surface area contributed by atoms with E-state index in [2.05, 4.69) is 21.7 Å². The van der Waals surface area contributed by atoms with Crippen molar-refractivity contribution in [3.63, 3.8) is 0 Å². The van der Waals surface area contributed by atoms with Crippen LogP contribution in [-0.2, 0) is 0 Å². The Morgan fingerprint density at radius 2 is 1.71 bits per heavy atom. The molecule has 8 heteroatoms. The van der Waals surface area contributed by atoms with Gasteiger partial charge in [-0.1, -0.05) is 35.7 Å². The molecule has 3 atom stereocenters. The number of pyridine rings is 1. The summed E-state index contributed by atoms with van der Waals surface area (Å²) in [6, 6.07) is 16.6. The largest absolute Gasteiger partial charge is 0.492 e. The maximum Gasteiger partial charge on any atom is 0.417 e. The summed E-state index contributed by atoms with van der Waals surface area (Å²) in [5.41, 5.74) is 1.86. The van der Waals surface area contributed by atoms with Gasteiger partial charge in [0.15, 0.2) is 5.60 Å². The predicted molar refractivity (Wildman–Crippen MR) is 141 cm³/mol. The lowest BCUT2D eigenvalue weighted by molar-refractivity contribution is -0.279. The number of hydrogen-bond donors (Lipinski definition) is 1. The molecule has 198 valence electrons. The lowest BCUT2D eigenvalue weighted by Gasteiger charge is -2.44. The number of ether oxygens (including phenoxy) is 1. The Kier molecular flexibility index (Phi) is 7.41. The van der Waals surface area contributed by atoms with E-state index in [4.69, 9.17) is 16.3 Å². The fourth-order valence-electron chi connectivity index (χ4n) is 5.48. The minimum absolute atomic E-state index is 0.266. The molecule has 2 fully saturated rings. The minimum atomic E-state index is -4.59. The normalized spacial score (nSPS) is 23.1. The molecular weight excluding hydrogens is 513 g/mol. The van der Waals surface area contributed by atoms with Crippen molar-refractivity contribution in [2.75, 3.05) is 13.2 Å². The average molecular weight is 541 g/mol. The number of alkyl halides is 3. The van der Waals surface area contributed by atoms with E-state index in [0.717, 1.165) is 28.0 Å². The van der Waals surface area contributed by atoms with Crippen LogP contribution in [0.15, 0.2) is 60.8 Å². The molecule has 0 spiro atoms. The van der Waals surface area contributed by atoms with Crippen molar-refractivity contribution in [3.8, 4) is 28.7 Å². The van der Waals surface area contributed by atoms with Gasteiger partial charge in [0.05, 0.1) is 0 Å². The van der Waals surface area contributed by atoms with Crippen LogP contribution < -0.4 is 4.74 Å². The van der Waals surface area contributed by atoms with E-state index in [0.29, 0.717) is 36.7 Å². The SMILES string of the molecule is Cc1cc(C#Cc2ccc(-c3ccc(Cl)cc3)cn2)ccc1OCCN1[C@@H]2CC[C@H]1CC(O)(C(F)(F)F)C2. The number of aliphatic hydroxyl groups is 1. The molecule has 2 bridgehead atoms. The second-order valence-corrected chi connectivity index (χ2v) is 10.5. The third kappa shape index (κ3) is 5.68. The first kappa shape index (κ1) is 26.6. The van der Waals surface area contributed by atoms with Gasteiger partial charge in [0, 0.05) is 53.8 Å². The molecule has 1 aromatic heterocycles. The van der Waals surface area contributed by atoms with Crippen molar-refractivity contribution in [1.29, 1.82) is 0 Å². The molecule has 2 aliphatic rings. The van der Waals surface area contributed by atoms with Crippen molar-refractivity contribution >= 4 is 11.6 Å². The highest BCUT2D eigenvalue weighted by atomic mass is 35.5. The molecule has 2 saturated heterocycles. The van der Waals surface area contributed by atoms with Crippen LogP contribution in [0.25, 0.3) is 11.1 Å². The van der Waals surface area contributed by atoms with Gasteiger partial charge in [0.2, 0.25) is 0 Å². The summed E-state index contributed by atoms with van der Waals surface area (Å²) in [6.45, 7) is 2.84. The maximum atomic E-state index is 13.3. The zero-order valence-electron chi connectivity index (χ0n) is 20.9. The summed E-state index contributed by atoms with van der Waals surface area (Å²) in [5, 5.41) is 10.8. The summed E-state index contributed by atoms with van der Waals surface area (Å²) in [4.78, 5) is 6.51. The number of piperidine rings is 1. The molecule has 3 aromatic rings. The third-order valence-electron chi connectivity index (χ3n) is 7.50. The number of halogens is 4. The number of aryl methyl sites for hydroxylation is 1. The van der Waals surface area contributed by atoms with Crippen LogP contribution in [0, 0.1) is 18.8 Å². The number of nitrogens with zero attached hydrogens (tertiary/aromatic N) is 2. The zero-order valence-corrected chi connectivity index (χ0v) is 21.7. The van der Waals surface area contributed by atoms with Gasteiger partial charge in [-0.15, -0.1) is 0 Å². The third-order valence-corrected chi connectivity index (χ3v) is 7.76. The van der Waals surface area contributed by atoms with E-state index >= 15 is 0 Å². The molecule has 2 aliphatic heterocycles. The van der Waals surface area contributed by atoms with Crippen LogP contribution in [-0.4, -0.2) is 52.0 Å². The molecule has 5 rings (SSSR count). The molecule has 0 radical (unpaired) electrons. The minimum Gasteiger partial charge on any atom is -0.492 e. The van der Waals surface area contributed by atoms with Crippen molar-refractivity contribution < 1.29 is 23.0 Å². The Hall–Kier alpha value is -3.05. The highest BCUT2D eigenvalue weighted by Crippen LogP contribution is 2.47. The van der Waals surface area contributed by atoms with Crippen LogP contribution in [0.2, 0.25) is 5.02 Å². The van der Waals surface area contributed by atoms with E-state index in [1.807, 2.05) is 61.5 Å². The number of hydrogen-bond acceptors (Lipinski definition) is 4. The smallest absolute Gasteiger partial charge is 0.417 e. The summed E-state index contributed by atoms with van der Waals surface area (Å²) in [5.74, 6) is 6.94. The van der Waals surface area contributed by atoms with E-state index in [1.165, 1.54) is 0 Å². The van der Waals surface area contributed by atoms with E-state index in [1.54, 1.807) is 6.20 Å². The van der Waals surface area contributed by atoms with Crippen molar-refractivity contribution in [1.82, 2.24) is 9.88 Å². The highest BCUT2D eigenvalue weighted by Gasteiger charge is 2.60. The van der Waals surface area contributed by atoms with Crippen molar-refractivity contribution in [3.05, 3.63) is 82.6 Å². The van der Waals surface area contributed by atoms with Gasteiger partial charge in [-0.05, 0) is 73.2 Å². The summed E-state index contributed by atoms with van der Waals surface area (Å²) in [6.07, 6.45) is -1.98. The molecule has 0 saturated carbocycles. The Bertz CT molecular complexity index is 1330. The Balaban J connectivity index is 1.16. The van der Waals surface area contributed by atoms with Gasteiger partial charge in [0.1, 0.15) is 18.1 Å². The van der Waals surface area contributed by atoms with E-state index in [9.17, 15) is 18.3 Å². The quantitative estimate of drug-likeness (QED) is 0.380. The molecule has 38 heavy (non-hydrogen) atoms. The Morgan fingerprint density at radius 3 is 2.32 bits per heavy atom. The van der Waals surface area contributed by atoms with Crippen LogP contribution in [0.5, 0.6) is 5.75 Å². The average Bonchev–Trinajstić information content (AvgIpc) is 3.13. The van der Waals surface area contributed by atoms with Gasteiger partial charge in [-0.25, -0.2) is 4.98 Å². The number of fused-ring (bicyclic) bond motifs is 2. The second kappa shape index (κ2) is 10.6. The summed E-state index contributed by atoms with van der Waals surface area (Å²) in [7, 11) is 0. The lowest BCUT2D eigenvalue weighted by atomic mass is 9.85. The first-order chi connectivity index (χ1) is 18.1. The monoisotopic (exact) mass is 540 g/mol. The first-order valence-corrected chi connectivity index (χ1v) is 13.0. The predicted octanol–water partition coefficient (Wildman–Crippen LogP) is 6.41. The summed E-state index contributed by atoms with van der Waals surface area (Å²) < 4.78 is 45.9. The molecular formula is C30H28ClF3N2O2. The van der Waals surface area contributed by atoms with Crippen molar-refractivity contribution in [2.24, 2.45) is 0 Å². The lowest BCUT2D eigenvalue weighted by Crippen LogP contribution is -2.58. The van der Waals surface area contributed by atoms with Gasteiger partial charge in [-0.2, -0.15) is 13.2 Å². The first-order valence-electron chi connectivity index (χ1n) is 12.6.